The molecule has 0 saturated heterocycles. The van der Waals surface area contributed by atoms with Gasteiger partial charge in [0.25, 0.3) is 0 Å². The molecule has 0 aliphatic heterocycles. The molecule has 2 unspecified atom stereocenters. The van der Waals surface area contributed by atoms with Gasteiger partial charge in [0.05, 0.1) is 17.8 Å². The molecule has 35 heavy (non-hydrogen) atoms. The van der Waals surface area contributed by atoms with Gasteiger partial charge in [-0.3, -0.25) is 4.79 Å². The molecular formula is C26H35F3O6. The number of esters is 1. The van der Waals surface area contributed by atoms with Crippen LogP contribution in [-0.4, -0.2) is 52.8 Å². The van der Waals surface area contributed by atoms with Crippen LogP contribution in [0.3, 0.4) is 0 Å². The van der Waals surface area contributed by atoms with E-state index in [9.17, 15) is 33.3 Å². The zero-order valence-corrected chi connectivity index (χ0v) is 20.0. The lowest BCUT2D eigenvalue weighted by molar-refractivity contribution is -0.147. The molecule has 1 fully saturated rings. The Morgan fingerprint density at radius 1 is 1.20 bits per heavy atom. The normalized spacial score (nSPS) is 23.6. The number of benzene rings is 1. The number of aliphatic hydroxyl groups is 3. The summed E-state index contributed by atoms with van der Waals surface area (Å²) in [6.45, 7) is 3.20. The van der Waals surface area contributed by atoms with Gasteiger partial charge >= 0.3 is 12.1 Å². The Balaban J connectivity index is 1.81. The number of hydrogen-bond donors (Lipinski definition) is 3. The van der Waals surface area contributed by atoms with Crippen molar-refractivity contribution in [3.05, 3.63) is 54.1 Å². The van der Waals surface area contributed by atoms with Crippen LogP contribution in [-0.2, 0) is 15.7 Å². The molecule has 0 bridgehead atoms. The molecule has 9 heteroatoms. The number of carbonyl (C=O) groups excluding carboxylic acids is 1. The van der Waals surface area contributed by atoms with Crippen LogP contribution in [0.1, 0.15) is 45.1 Å². The van der Waals surface area contributed by atoms with Crippen molar-refractivity contribution in [2.24, 2.45) is 17.8 Å². The van der Waals surface area contributed by atoms with Crippen LogP contribution in [0.25, 0.3) is 0 Å². The van der Waals surface area contributed by atoms with Gasteiger partial charge in [0.2, 0.25) is 0 Å². The predicted molar refractivity (Wildman–Crippen MR) is 124 cm³/mol. The highest BCUT2D eigenvalue weighted by atomic mass is 19.4. The summed E-state index contributed by atoms with van der Waals surface area (Å²) in [5, 5.41) is 30.1. The van der Waals surface area contributed by atoms with Gasteiger partial charge in [0.15, 0.2) is 0 Å². The Hall–Kier alpha value is -2.36. The van der Waals surface area contributed by atoms with E-state index in [4.69, 9.17) is 9.47 Å². The van der Waals surface area contributed by atoms with Crippen molar-refractivity contribution in [1.82, 2.24) is 0 Å². The Bertz CT molecular complexity index is 852. The third-order valence-electron chi connectivity index (χ3n) is 5.92. The summed E-state index contributed by atoms with van der Waals surface area (Å²) in [7, 11) is 0. The molecule has 1 saturated carbocycles. The summed E-state index contributed by atoms with van der Waals surface area (Å²) in [5.41, 5.74) is -0.834. The number of hydrogen-bond acceptors (Lipinski definition) is 6. The topological polar surface area (TPSA) is 96.2 Å². The number of alkyl halides is 3. The minimum atomic E-state index is -4.48. The highest BCUT2D eigenvalue weighted by Crippen LogP contribution is 2.44. The molecule has 5 atom stereocenters. The first-order valence-electron chi connectivity index (χ1n) is 11.8. The second-order valence-corrected chi connectivity index (χ2v) is 9.01. The molecule has 1 aliphatic carbocycles. The quantitative estimate of drug-likeness (QED) is 0.213. The summed E-state index contributed by atoms with van der Waals surface area (Å²) in [6, 6.07) is 4.42. The van der Waals surface area contributed by atoms with E-state index in [0.717, 1.165) is 12.1 Å². The number of halogens is 3. The SMILES string of the molecule is CC(C)OC(=O)CCCC=CC[C@@H]1[C@@H](C=CC(O)COc2cccc(C(F)(F)F)c2)C(O)[C@@H]1CO. The molecule has 196 valence electrons. The van der Waals surface area contributed by atoms with Crippen LogP contribution in [0.15, 0.2) is 48.6 Å². The van der Waals surface area contributed by atoms with Gasteiger partial charge in [-0.15, -0.1) is 0 Å². The van der Waals surface area contributed by atoms with E-state index in [1.165, 1.54) is 18.2 Å². The molecular weight excluding hydrogens is 465 g/mol. The summed E-state index contributed by atoms with van der Waals surface area (Å²) >= 11 is 0. The lowest BCUT2D eigenvalue weighted by atomic mass is 9.61. The third-order valence-corrected chi connectivity index (χ3v) is 5.92. The first-order valence-corrected chi connectivity index (χ1v) is 11.8. The van der Waals surface area contributed by atoms with Crippen molar-refractivity contribution in [3.63, 3.8) is 0 Å². The maximum absolute atomic E-state index is 12.8. The lowest BCUT2D eigenvalue weighted by Gasteiger charge is -2.47. The second kappa shape index (κ2) is 13.7. The smallest absolute Gasteiger partial charge is 0.416 e. The number of carbonyl (C=O) groups is 1. The van der Waals surface area contributed by atoms with E-state index in [1.54, 1.807) is 19.9 Å². The van der Waals surface area contributed by atoms with Gasteiger partial charge in [0.1, 0.15) is 18.5 Å². The molecule has 1 aromatic carbocycles. The van der Waals surface area contributed by atoms with Crippen molar-refractivity contribution in [1.29, 1.82) is 0 Å². The third kappa shape index (κ3) is 9.31. The maximum atomic E-state index is 12.8. The number of rotatable bonds is 13. The van der Waals surface area contributed by atoms with Gasteiger partial charge in [-0.25, -0.2) is 0 Å². The molecule has 2 rings (SSSR count). The summed E-state index contributed by atoms with van der Waals surface area (Å²) in [6.07, 6.45) is 2.92. The minimum Gasteiger partial charge on any atom is -0.491 e. The standard InChI is InChI=1S/C26H35F3O6/c1-17(2)35-24(32)11-6-4-3-5-10-21-22(25(33)23(21)15-30)13-12-19(31)16-34-20-9-7-8-18(14-20)26(27,28)29/h3,5,7-9,12-14,17,19,21-23,25,30-31,33H,4,6,10-11,15-16H2,1-2H3/t19?,21-,22-,23-,25?/m1/s1. The molecule has 3 N–H and O–H groups in total. The lowest BCUT2D eigenvalue weighted by Crippen LogP contribution is -2.52. The molecule has 6 nitrogen and oxygen atoms in total. The van der Waals surface area contributed by atoms with Crippen LogP contribution in [0.4, 0.5) is 13.2 Å². The fourth-order valence-corrected chi connectivity index (χ4v) is 4.08. The first-order chi connectivity index (χ1) is 16.5. The molecule has 0 aromatic heterocycles. The Morgan fingerprint density at radius 2 is 1.94 bits per heavy atom. The number of ether oxygens (including phenoxy) is 2. The largest absolute Gasteiger partial charge is 0.491 e. The van der Waals surface area contributed by atoms with E-state index in [-0.39, 0.29) is 48.8 Å². The first kappa shape index (κ1) is 28.9. The molecule has 1 aliphatic rings. The maximum Gasteiger partial charge on any atom is 0.416 e. The Morgan fingerprint density at radius 3 is 2.60 bits per heavy atom. The summed E-state index contributed by atoms with van der Waals surface area (Å²) in [4.78, 5) is 11.5. The average Bonchev–Trinajstić information content (AvgIpc) is 2.78. The predicted octanol–water partition coefficient (Wildman–Crippen LogP) is 4.28. The van der Waals surface area contributed by atoms with E-state index < -0.39 is 23.9 Å². The van der Waals surface area contributed by atoms with Crippen molar-refractivity contribution in [2.75, 3.05) is 13.2 Å². The van der Waals surface area contributed by atoms with Gasteiger partial charge in [0, 0.05) is 24.9 Å². The van der Waals surface area contributed by atoms with Crippen LogP contribution in [0, 0.1) is 17.8 Å². The minimum absolute atomic E-state index is 0.00298. The number of unbranched alkanes of at least 4 members (excludes halogenated alkanes) is 1. The van der Waals surface area contributed by atoms with Gasteiger partial charge in [-0.1, -0.05) is 30.4 Å². The van der Waals surface area contributed by atoms with Gasteiger partial charge < -0.3 is 24.8 Å². The average molecular weight is 501 g/mol. The van der Waals surface area contributed by atoms with E-state index in [2.05, 4.69) is 0 Å². The van der Waals surface area contributed by atoms with Crippen LogP contribution in [0.2, 0.25) is 0 Å². The molecule has 0 amide bonds. The zero-order valence-electron chi connectivity index (χ0n) is 20.0. The van der Waals surface area contributed by atoms with Gasteiger partial charge in [-0.2, -0.15) is 13.2 Å². The van der Waals surface area contributed by atoms with Crippen molar-refractivity contribution < 1.29 is 42.8 Å². The van der Waals surface area contributed by atoms with Crippen LogP contribution in [0.5, 0.6) is 5.75 Å². The molecule has 0 radical (unpaired) electrons. The highest BCUT2D eigenvalue weighted by molar-refractivity contribution is 5.69. The fraction of sp³-hybridized carbons (Fsp3) is 0.577. The highest BCUT2D eigenvalue weighted by Gasteiger charge is 2.46. The van der Waals surface area contributed by atoms with Crippen molar-refractivity contribution >= 4 is 5.97 Å². The van der Waals surface area contributed by atoms with Gasteiger partial charge in [-0.05, 0) is 57.2 Å². The zero-order chi connectivity index (χ0) is 26.0. The monoisotopic (exact) mass is 500 g/mol. The van der Waals surface area contributed by atoms with Crippen LogP contribution >= 0.6 is 0 Å². The summed E-state index contributed by atoms with van der Waals surface area (Å²) < 4.78 is 48.8. The van der Waals surface area contributed by atoms with E-state index in [0.29, 0.717) is 25.7 Å². The Labute approximate surface area is 204 Å². The van der Waals surface area contributed by atoms with E-state index in [1.807, 2.05) is 12.2 Å². The fourth-order valence-electron chi connectivity index (χ4n) is 4.08. The molecule has 0 spiro atoms. The number of aliphatic hydroxyl groups excluding tert-OH is 3. The molecule has 0 heterocycles. The number of allylic oxidation sites excluding steroid dienone is 2. The molecule has 1 aromatic rings. The van der Waals surface area contributed by atoms with Crippen molar-refractivity contribution in [2.45, 2.75) is 64.0 Å². The van der Waals surface area contributed by atoms with Crippen LogP contribution < -0.4 is 4.74 Å². The second-order valence-electron chi connectivity index (χ2n) is 9.01. The summed E-state index contributed by atoms with van der Waals surface area (Å²) in [5.74, 6) is -0.812. The van der Waals surface area contributed by atoms with E-state index >= 15 is 0 Å². The van der Waals surface area contributed by atoms with Crippen molar-refractivity contribution in [3.8, 4) is 5.75 Å². The Kier molecular flexibility index (Phi) is 11.3.